The van der Waals surface area contributed by atoms with Crippen LogP contribution in [0.2, 0.25) is 0 Å². The van der Waals surface area contributed by atoms with Gasteiger partial charge in [0.15, 0.2) is 5.82 Å². The number of non-ortho nitro benzene ring substituents is 1. The molecule has 2 aromatic carbocycles. The fourth-order valence-electron chi connectivity index (χ4n) is 2.47. The monoisotopic (exact) mass is 424 g/mol. The van der Waals surface area contributed by atoms with Gasteiger partial charge in [-0.15, -0.1) is 15.3 Å². The zero-order valence-electron chi connectivity index (χ0n) is 15.8. The molecule has 0 saturated heterocycles. The molecule has 4 rings (SSSR count). The van der Waals surface area contributed by atoms with Crippen LogP contribution in [0.1, 0.15) is 17.3 Å². The third kappa shape index (κ3) is 4.81. The second-order valence-electron chi connectivity index (χ2n) is 6.26. The van der Waals surface area contributed by atoms with E-state index in [1.807, 2.05) is 31.2 Å². The molecule has 0 saturated carbocycles. The maximum Gasteiger partial charge on any atom is 0.269 e. The molecule has 11 heteroatoms. The maximum absolute atomic E-state index is 10.7. The first-order valence-electron chi connectivity index (χ1n) is 8.87. The van der Waals surface area contributed by atoms with Crippen LogP contribution < -0.4 is 4.74 Å². The molecule has 0 aliphatic heterocycles. The molecule has 30 heavy (non-hydrogen) atoms. The molecule has 0 aliphatic carbocycles. The third-order valence-corrected chi connectivity index (χ3v) is 4.86. The van der Waals surface area contributed by atoms with Gasteiger partial charge in [0.25, 0.3) is 5.69 Å². The standard InChI is InChI=1S/C19H16N6O4S/c1-12-2-8-15(9-3-12)28-10-16-20-19(24-21-16)30-11-17-22-23-18(29-17)13-4-6-14(7-5-13)25(26)27/h2-9H,10-11H2,1H3,(H,20,21,24). The van der Waals surface area contributed by atoms with Crippen LogP contribution in [0.25, 0.3) is 11.5 Å². The first-order valence-corrected chi connectivity index (χ1v) is 9.86. The van der Waals surface area contributed by atoms with E-state index in [9.17, 15) is 10.1 Å². The molecule has 10 nitrogen and oxygen atoms in total. The molecule has 4 aromatic rings. The Kier molecular flexibility index (Phi) is 5.70. The number of benzene rings is 2. The van der Waals surface area contributed by atoms with Gasteiger partial charge in [-0.3, -0.25) is 15.2 Å². The molecule has 152 valence electrons. The van der Waals surface area contributed by atoms with Gasteiger partial charge in [0.2, 0.25) is 16.9 Å². The minimum Gasteiger partial charge on any atom is -0.486 e. The van der Waals surface area contributed by atoms with Gasteiger partial charge >= 0.3 is 0 Å². The quantitative estimate of drug-likeness (QED) is 0.253. The largest absolute Gasteiger partial charge is 0.486 e. The van der Waals surface area contributed by atoms with Gasteiger partial charge in [-0.1, -0.05) is 29.5 Å². The lowest BCUT2D eigenvalue weighted by molar-refractivity contribution is -0.384. The molecule has 0 unspecified atom stereocenters. The molecule has 0 amide bonds. The van der Waals surface area contributed by atoms with Crippen molar-refractivity contribution in [1.29, 1.82) is 0 Å². The highest BCUT2D eigenvalue weighted by Gasteiger charge is 2.13. The molecular formula is C19H16N6O4S. The number of hydrogen-bond acceptors (Lipinski definition) is 9. The van der Waals surface area contributed by atoms with Crippen molar-refractivity contribution in [3.63, 3.8) is 0 Å². The van der Waals surface area contributed by atoms with Crippen molar-refractivity contribution in [3.05, 3.63) is 75.9 Å². The van der Waals surface area contributed by atoms with Crippen molar-refractivity contribution >= 4 is 17.4 Å². The Bertz CT molecular complexity index is 1140. The van der Waals surface area contributed by atoms with Gasteiger partial charge in [-0.2, -0.15) is 0 Å². The lowest BCUT2D eigenvalue weighted by Gasteiger charge is -2.03. The molecular weight excluding hydrogens is 408 g/mol. The zero-order chi connectivity index (χ0) is 20.9. The summed E-state index contributed by atoms with van der Waals surface area (Å²) in [6.45, 7) is 2.30. The fourth-order valence-corrected chi connectivity index (χ4v) is 3.13. The van der Waals surface area contributed by atoms with Crippen LogP contribution in [-0.2, 0) is 12.4 Å². The number of nitro groups is 1. The van der Waals surface area contributed by atoms with Gasteiger partial charge in [-0.05, 0) is 31.2 Å². The summed E-state index contributed by atoms with van der Waals surface area (Å²) < 4.78 is 11.3. The van der Waals surface area contributed by atoms with E-state index in [0.717, 1.165) is 5.75 Å². The number of aromatic nitrogens is 5. The van der Waals surface area contributed by atoms with Gasteiger partial charge in [-0.25, -0.2) is 4.98 Å². The highest BCUT2D eigenvalue weighted by molar-refractivity contribution is 7.98. The van der Waals surface area contributed by atoms with Crippen LogP contribution in [-0.4, -0.2) is 30.3 Å². The average molecular weight is 424 g/mol. The van der Waals surface area contributed by atoms with Crippen molar-refractivity contribution in [2.45, 2.75) is 24.4 Å². The number of nitrogens with one attached hydrogen (secondary N) is 1. The lowest BCUT2D eigenvalue weighted by atomic mass is 10.2. The van der Waals surface area contributed by atoms with Crippen molar-refractivity contribution in [1.82, 2.24) is 25.4 Å². The maximum atomic E-state index is 10.7. The smallest absolute Gasteiger partial charge is 0.269 e. The number of nitro benzene ring substituents is 1. The van der Waals surface area contributed by atoms with Crippen LogP contribution in [0.3, 0.4) is 0 Å². The predicted octanol–water partition coefficient (Wildman–Crippen LogP) is 3.94. The van der Waals surface area contributed by atoms with Crippen molar-refractivity contribution in [2.75, 3.05) is 0 Å². The molecule has 2 aromatic heterocycles. The van der Waals surface area contributed by atoms with Gasteiger partial charge in [0, 0.05) is 17.7 Å². The topological polar surface area (TPSA) is 133 Å². The average Bonchev–Trinajstić information content (AvgIpc) is 3.41. The van der Waals surface area contributed by atoms with E-state index >= 15 is 0 Å². The molecule has 0 bridgehead atoms. The number of thioether (sulfide) groups is 1. The second kappa shape index (κ2) is 8.74. The summed E-state index contributed by atoms with van der Waals surface area (Å²) in [5.41, 5.74) is 1.78. The predicted molar refractivity (Wildman–Crippen MR) is 108 cm³/mol. The van der Waals surface area contributed by atoms with Crippen LogP contribution in [0.4, 0.5) is 5.69 Å². The highest BCUT2D eigenvalue weighted by Crippen LogP contribution is 2.24. The number of hydrogen-bond donors (Lipinski definition) is 1. The number of aromatic amines is 1. The summed E-state index contributed by atoms with van der Waals surface area (Å²) in [4.78, 5) is 14.6. The van der Waals surface area contributed by atoms with E-state index in [2.05, 4.69) is 25.4 Å². The van der Waals surface area contributed by atoms with E-state index in [-0.39, 0.29) is 12.3 Å². The minimum absolute atomic E-state index is 0.000753. The lowest BCUT2D eigenvalue weighted by Crippen LogP contribution is -1.97. The highest BCUT2D eigenvalue weighted by atomic mass is 32.2. The summed E-state index contributed by atoms with van der Waals surface area (Å²) >= 11 is 1.34. The number of H-pyrrole nitrogens is 1. The van der Waals surface area contributed by atoms with Crippen molar-refractivity contribution in [3.8, 4) is 17.2 Å². The Hall–Kier alpha value is -3.73. The molecule has 2 heterocycles. The van der Waals surface area contributed by atoms with Gasteiger partial charge in [0.05, 0.1) is 10.7 Å². The first kappa shape index (κ1) is 19.6. The Morgan fingerprint density at radius 3 is 2.63 bits per heavy atom. The van der Waals surface area contributed by atoms with Gasteiger partial charge in [0.1, 0.15) is 12.4 Å². The molecule has 0 spiro atoms. The first-order chi connectivity index (χ1) is 14.6. The molecule has 1 N–H and O–H groups in total. The van der Waals surface area contributed by atoms with E-state index in [0.29, 0.717) is 34.1 Å². The normalized spacial score (nSPS) is 10.8. The summed E-state index contributed by atoms with van der Waals surface area (Å²) in [5.74, 6) is 2.44. The minimum atomic E-state index is -0.462. The molecule has 0 fully saturated rings. The Morgan fingerprint density at radius 2 is 1.90 bits per heavy atom. The van der Waals surface area contributed by atoms with E-state index < -0.39 is 4.92 Å². The summed E-state index contributed by atoms with van der Waals surface area (Å²) in [6.07, 6.45) is 0. The Balaban J connectivity index is 1.31. The third-order valence-electron chi connectivity index (χ3n) is 4.02. The number of ether oxygens (including phenoxy) is 1. The molecule has 0 radical (unpaired) electrons. The van der Waals surface area contributed by atoms with E-state index in [1.165, 1.54) is 29.5 Å². The molecule has 0 atom stereocenters. The fraction of sp³-hybridized carbons (Fsp3) is 0.158. The summed E-state index contributed by atoms with van der Waals surface area (Å²) in [5, 5.41) is 26.2. The van der Waals surface area contributed by atoms with Crippen LogP contribution in [0.15, 0.2) is 58.1 Å². The van der Waals surface area contributed by atoms with Crippen molar-refractivity contribution < 1.29 is 14.1 Å². The SMILES string of the molecule is Cc1ccc(OCc2nc(SCc3nnc(-c4ccc([N+](=O)[O-])cc4)o3)n[nH]2)cc1. The van der Waals surface area contributed by atoms with Crippen LogP contribution >= 0.6 is 11.8 Å². The number of nitrogens with zero attached hydrogens (tertiary/aromatic N) is 5. The zero-order valence-corrected chi connectivity index (χ0v) is 16.6. The van der Waals surface area contributed by atoms with Crippen LogP contribution in [0.5, 0.6) is 5.75 Å². The van der Waals surface area contributed by atoms with Gasteiger partial charge < -0.3 is 9.15 Å². The molecule has 0 aliphatic rings. The van der Waals surface area contributed by atoms with Crippen LogP contribution in [0, 0.1) is 17.0 Å². The van der Waals surface area contributed by atoms with E-state index in [4.69, 9.17) is 9.15 Å². The summed E-state index contributed by atoms with van der Waals surface area (Å²) in [6, 6.07) is 13.7. The number of rotatable bonds is 8. The number of aryl methyl sites for hydroxylation is 1. The Labute approximate surface area is 174 Å². The summed E-state index contributed by atoms with van der Waals surface area (Å²) in [7, 11) is 0. The Morgan fingerprint density at radius 1 is 1.13 bits per heavy atom. The van der Waals surface area contributed by atoms with E-state index in [1.54, 1.807) is 12.1 Å². The van der Waals surface area contributed by atoms with Crippen molar-refractivity contribution in [2.24, 2.45) is 0 Å². The second-order valence-corrected chi connectivity index (χ2v) is 7.20.